The molecule has 0 radical (unpaired) electrons. The minimum Gasteiger partial charge on any atom is -0.384 e. The number of benzene rings is 1. The zero-order chi connectivity index (χ0) is 13.0. The van der Waals surface area contributed by atoms with Crippen molar-refractivity contribution in [1.82, 2.24) is 4.90 Å². The fourth-order valence-electron chi connectivity index (χ4n) is 1.57. The number of nitrogens with two attached hydrogens (primary N) is 1. The van der Waals surface area contributed by atoms with E-state index in [-0.39, 0.29) is 5.84 Å². The number of likely N-dealkylation sites (N-methyl/N-ethyl adjacent to an activating group) is 2. The minimum absolute atomic E-state index is 0.0872. The highest BCUT2D eigenvalue weighted by Crippen LogP contribution is 2.26. The van der Waals surface area contributed by atoms with Crippen molar-refractivity contribution in [1.29, 1.82) is 5.41 Å². The fraction of sp³-hybridized carbons (Fsp3) is 0.417. The zero-order valence-electron chi connectivity index (χ0n) is 10.5. The van der Waals surface area contributed by atoms with Gasteiger partial charge in [0.2, 0.25) is 0 Å². The van der Waals surface area contributed by atoms with Crippen LogP contribution in [0.5, 0.6) is 0 Å². The van der Waals surface area contributed by atoms with Gasteiger partial charge in [0.1, 0.15) is 5.84 Å². The summed E-state index contributed by atoms with van der Waals surface area (Å²) in [6, 6.07) is 5.84. The highest BCUT2D eigenvalue weighted by molar-refractivity contribution is 9.10. The Balaban J connectivity index is 2.96. The molecule has 0 aliphatic rings. The topological polar surface area (TPSA) is 56.4 Å². The number of rotatable bonds is 5. The van der Waals surface area contributed by atoms with Gasteiger partial charge in [0.15, 0.2) is 0 Å². The largest absolute Gasteiger partial charge is 0.384 e. The average molecular weight is 299 g/mol. The van der Waals surface area contributed by atoms with Crippen LogP contribution in [0.3, 0.4) is 0 Å². The lowest BCUT2D eigenvalue weighted by Gasteiger charge is -2.24. The van der Waals surface area contributed by atoms with Gasteiger partial charge >= 0.3 is 0 Å². The standard InChI is InChI=1S/C12H19BrN4/c1-16(2)7-8-17(3)10-6-4-5-9(13)11(10)12(14)15/h4-6H,7-8H2,1-3H3,(H3,14,15). The molecule has 0 saturated carbocycles. The highest BCUT2D eigenvalue weighted by Gasteiger charge is 2.12. The first kappa shape index (κ1) is 14.0. The van der Waals surface area contributed by atoms with E-state index in [4.69, 9.17) is 11.1 Å². The number of halogens is 1. The number of anilines is 1. The van der Waals surface area contributed by atoms with Crippen molar-refractivity contribution >= 4 is 27.5 Å². The van der Waals surface area contributed by atoms with Crippen molar-refractivity contribution in [3.05, 3.63) is 28.2 Å². The summed E-state index contributed by atoms with van der Waals surface area (Å²) in [5.74, 6) is 0.0872. The molecule has 0 aliphatic heterocycles. The Labute approximate surface area is 111 Å². The SMILES string of the molecule is CN(C)CCN(C)c1cccc(Br)c1C(=N)N. The van der Waals surface area contributed by atoms with Crippen LogP contribution < -0.4 is 10.6 Å². The van der Waals surface area contributed by atoms with Gasteiger partial charge in [0, 0.05) is 30.3 Å². The summed E-state index contributed by atoms with van der Waals surface area (Å²) in [6.45, 7) is 1.85. The molecule has 0 aromatic heterocycles. The number of nitrogens with zero attached hydrogens (tertiary/aromatic N) is 2. The van der Waals surface area contributed by atoms with Crippen LogP contribution in [0.25, 0.3) is 0 Å². The zero-order valence-corrected chi connectivity index (χ0v) is 12.1. The van der Waals surface area contributed by atoms with Crippen molar-refractivity contribution in [2.24, 2.45) is 5.73 Å². The van der Waals surface area contributed by atoms with Gasteiger partial charge in [-0.25, -0.2) is 0 Å². The smallest absolute Gasteiger partial charge is 0.126 e. The second-order valence-electron chi connectivity index (χ2n) is 4.27. The number of hydrogen-bond donors (Lipinski definition) is 2. The molecule has 1 rings (SSSR count). The van der Waals surface area contributed by atoms with E-state index in [9.17, 15) is 0 Å². The maximum absolute atomic E-state index is 7.64. The monoisotopic (exact) mass is 298 g/mol. The van der Waals surface area contributed by atoms with Crippen LogP contribution in [-0.2, 0) is 0 Å². The third-order valence-electron chi connectivity index (χ3n) is 2.55. The van der Waals surface area contributed by atoms with Crippen LogP contribution >= 0.6 is 15.9 Å². The van der Waals surface area contributed by atoms with Gasteiger partial charge in [0.05, 0.1) is 5.56 Å². The van der Waals surface area contributed by atoms with Crippen LogP contribution in [0.2, 0.25) is 0 Å². The van der Waals surface area contributed by atoms with Gasteiger partial charge in [0.25, 0.3) is 0 Å². The van der Waals surface area contributed by atoms with E-state index in [1.54, 1.807) is 0 Å². The first-order valence-corrected chi connectivity index (χ1v) is 6.21. The summed E-state index contributed by atoms with van der Waals surface area (Å²) in [7, 11) is 6.10. The number of nitrogens with one attached hydrogen (secondary N) is 1. The molecule has 0 heterocycles. The van der Waals surface area contributed by atoms with Gasteiger partial charge in [-0.1, -0.05) is 6.07 Å². The number of nitrogen functional groups attached to an aromatic ring is 1. The molecule has 3 N–H and O–H groups in total. The van der Waals surface area contributed by atoms with Crippen LogP contribution in [0.15, 0.2) is 22.7 Å². The molecule has 0 aliphatic carbocycles. The van der Waals surface area contributed by atoms with Crippen molar-refractivity contribution in [2.75, 3.05) is 39.1 Å². The Hall–Kier alpha value is -1.07. The predicted octanol–water partition coefficient (Wildman–Crippen LogP) is 1.73. The predicted molar refractivity (Wildman–Crippen MR) is 77.0 cm³/mol. The third-order valence-corrected chi connectivity index (χ3v) is 3.22. The summed E-state index contributed by atoms with van der Waals surface area (Å²) in [5, 5.41) is 7.64. The lowest BCUT2D eigenvalue weighted by atomic mass is 10.1. The van der Waals surface area contributed by atoms with E-state index in [0.717, 1.165) is 28.8 Å². The van der Waals surface area contributed by atoms with E-state index in [1.807, 2.05) is 39.3 Å². The lowest BCUT2D eigenvalue weighted by molar-refractivity contribution is 0.416. The number of amidine groups is 1. The van der Waals surface area contributed by atoms with E-state index >= 15 is 0 Å². The van der Waals surface area contributed by atoms with Crippen LogP contribution in [0.1, 0.15) is 5.56 Å². The normalized spacial score (nSPS) is 10.6. The van der Waals surface area contributed by atoms with Gasteiger partial charge < -0.3 is 15.5 Å². The molecule has 94 valence electrons. The van der Waals surface area contributed by atoms with E-state index in [2.05, 4.69) is 25.7 Å². The molecule has 1 aromatic carbocycles. The first-order valence-electron chi connectivity index (χ1n) is 5.42. The first-order chi connectivity index (χ1) is 7.93. The molecule has 17 heavy (non-hydrogen) atoms. The van der Waals surface area contributed by atoms with Crippen LogP contribution in [0.4, 0.5) is 5.69 Å². The van der Waals surface area contributed by atoms with E-state index in [1.165, 1.54) is 0 Å². The van der Waals surface area contributed by atoms with Crippen LogP contribution in [-0.4, -0.2) is 45.0 Å². The molecular weight excluding hydrogens is 280 g/mol. The molecular formula is C12H19BrN4. The van der Waals surface area contributed by atoms with Gasteiger partial charge in [-0.15, -0.1) is 0 Å². The summed E-state index contributed by atoms with van der Waals surface area (Å²) < 4.78 is 0.860. The molecule has 0 bridgehead atoms. The van der Waals surface area contributed by atoms with Crippen molar-refractivity contribution in [3.8, 4) is 0 Å². The average Bonchev–Trinajstić information content (AvgIpc) is 2.24. The Morgan fingerprint density at radius 3 is 2.47 bits per heavy atom. The molecule has 0 atom stereocenters. The quantitative estimate of drug-likeness (QED) is 0.643. The second kappa shape index (κ2) is 6.02. The highest BCUT2D eigenvalue weighted by atomic mass is 79.9. The van der Waals surface area contributed by atoms with Gasteiger partial charge in [-0.2, -0.15) is 0 Å². The van der Waals surface area contributed by atoms with Gasteiger partial charge in [-0.05, 0) is 42.2 Å². The van der Waals surface area contributed by atoms with Crippen molar-refractivity contribution in [2.45, 2.75) is 0 Å². The molecule has 0 fully saturated rings. The maximum atomic E-state index is 7.64. The number of hydrogen-bond acceptors (Lipinski definition) is 3. The van der Waals surface area contributed by atoms with Crippen LogP contribution in [0, 0.1) is 5.41 Å². The molecule has 0 amide bonds. The Bertz CT molecular complexity index is 403. The fourth-order valence-corrected chi connectivity index (χ4v) is 2.14. The van der Waals surface area contributed by atoms with Crippen molar-refractivity contribution < 1.29 is 0 Å². The maximum Gasteiger partial charge on any atom is 0.126 e. The molecule has 4 nitrogen and oxygen atoms in total. The minimum atomic E-state index is 0.0872. The lowest BCUT2D eigenvalue weighted by Crippen LogP contribution is -2.30. The van der Waals surface area contributed by atoms with Gasteiger partial charge in [-0.3, -0.25) is 5.41 Å². The third kappa shape index (κ3) is 3.71. The Morgan fingerprint density at radius 1 is 1.29 bits per heavy atom. The summed E-state index contributed by atoms with van der Waals surface area (Å²) in [4.78, 5) is 4.24. The molecule has 0 unspecified atom stereocenters. The van der Waals surface area contributed by atoms with Crippen molar-refractivity contribution in [3.63, 3.8) is 0 Å². The summed E-state index contributed by atoms with van der Waals surface area (Å²) in [5.41, 5.74) is 7.36. The summed E-state index contributed by atoms with van der Waals surface area (Å²) in [6.07, 6.45) is 0. The molecule has 0 spiro atoms. The van der Waals surface area contributed by atoms with E-state index < -0.39 is 0 Å². The van der Waals surface area contributed by atoms with E-state index in [0.29, 0.717) is 0 Å². The molecule has 1 aromatic rings. The molecule has 0 saturated heterocycles. The summed E-state index contributed by atoms with van der Waals surface area (Å²) >= 11 is 3.44. The second-order valence-corrected chi connectivity index (χ2v) is 5.13. The Kier molecular flexibility index (Phi) is 4.96. The Morgan fingerprint density at radius 2 is 1.94 bits per heavy atom. The molecule has 5 heteroatoms.